The smallest absolute Gasteiger partial charge is 0.368 e. The lowest BCUT2D eigenvalue weighted by atomic mass is 9.44. The van der Waals surface area contributed by atoms with Gasteiger partial charge in [-0.05, 0) is 39.0 Å². The molecule has 0 radical (unpaired) electrons. The minimum atomic E-state index is -4.66. The molecule has 5 fully saturated rings. The summed E-state index contributed by atoms with van der Waals surface area (Å²) in [5.74, 6) is 0.429. The number of ether oxygens (including phenoxy) is 3. The molecule has 190 valence electrons. The predicted octanol–water partition coefficient (Wildman–Crippen LogP) is 3.81. The van der Waals surface area contributed by atoms with Gasteiger partial charge in [0.15, 0.2) is 0 Å². The second-order valence-electron chi connectivity index (χ2n) is 10.1. The number of halogens is 6. The monoisotopic (exact) mass is 497 g/mol. The number of carbonyl (C=O) groups excluding carboxylic acids is 1. The summed E-state index contributed by atoms with van der Waals surface area (Å²) in [7, 11) is 0. The number of aryl methyl sites for hydroxylation is 1. The summed E-state index contributed by atoms with van der Waals surface area (Å²) in [5.41, 5.74) is 0.302. The number of nitrogens with zero attached hydrogens (tertiary/aromatic N) is 2. The number of nitrogens with one attached hydrogen (secondary N) is 1. The van der Waals surface area contributed by atoms with E-state index in [0.29, 0.717) is 0 Å². The molecule has 34 heavy (non-hydrogen) atoms. The number of aromatic nitrogens is 2. The Labute approximate surface area is 191 Å². The quantitative estimate of drug-likeness (QED) is 0.553. The lowest BCUT2D eigenvalue weighted by Gasteiger charge is -2.70. The SMILES string of the molecule is Cc1nc([C@H]2C[C@@H](OC(F)(F)F)C2)cn1C12CC(NC(=O)CO[C@H]3C[C@@H](OC(F)(F)F)C3)(C1)C2. The lowest BCUT2D eigenvalue weighted by molar-refractivity contribution is -0.357. The van der Waals surface area contributed by atoms with Crippen LogP contribution < -0.4 is 5.32 Å². The van der Waals surface area contributed by atoms with Gasteiger partial charge in [0.1, 0.15) is 12.4 Å². The Morgan fingerprint density at radius 2 is 1.59 bits per heavy atom. The van der Waals surface area contributed by atoms with Crippen molar-refractivity contribution in [3.05, 3.63) is 17.7 Å². The second-order valence-corrected chi connectivity index (χ2v) is 10.1. The standard InChI is InChI=1S/C21H25F6N3O4/c1-11-28-16(12-2-14(3-12)33-20(22,23)24)6-30(11)19-8-18(9-19,10-19)29-17(31)7-32-13-4-15(5-13)34-21(25,26)27/h6,12-15H,2-5,7-10H2,1H3,(H,29,31)/t12-,13-,14+,15+,18?,19?. The van der Waals surface area contributed by atoms with Gasteiger partial charge in [-0.2, -0.15) is 0 Å². The lowest BCUT2D eigenvalue weighted by Crippen LogP contribution is -2.79. The van der Waals surface area contributed by atoms with Gasteiger partial charge in [0, 0.05) is 30.5 Å². The summed E-state index contributed by atoms with van der Waals surface area (Å²) in [5, 5.41) is 2.97. The van der Waals surface area contributed by atoms with Gasteiger partial charge in [-0.3, -0.25) is 14.3 Å². The van der Waals surface area contributed by atoms with Crippen molar-refractivity contribution in [3.8, 4) is 0 Å². The van der Waals surface area contributed by atoms with Gasteiger partial charge < -0.3 is 14.6 Å². The molecule has 2 bridgehead atoms. The Morgan fingerprint density at radius 1 is 1.03 bits per heavy atom. The molecule has 0 unspecified atom stereocenters. The molecule has 1 N–H and O–H groups in total. The van der Waals surface area contributed by atoms with Crippen molar-refractivity contribution in [1.29, 1.82) is 0 Å². The van der Waals surface area contributed by atoms with Crippen LogP contribution in [0, 0.1) is 6.92 Å². The summed E-state index contributed by atoms with van der Waals surface area (Å²) in [6.07, 6.45) is -6.60. The van der Waals surface area contributed by atoms with E-state index in [-0.39, 0.29) is 55.2 Å². The highest BCUT2D eigenvalue weighted by molar-refractivity contribution is 5.78. The molecule has 6 rings (SSSR count). The van der Waals surface area contributed by atoms with Crippen LogP contribution in [0.15, 0.2) is 6.20 Å². The first-order valence-electron chi connectivity index (χ1n) is 11.2. The molecule has 1 heterocycles. The zero-order valence-electron chi connectivity index (χ0n) is 18.3. The van der Waals surface area contributed by atoms with E-state index in [1.165, 1.54) is 0 Å². The number of alkyl halides is 6. The molecule has 0 atom stereocenters. The van der Waals surface area contributed by atoms with Crippen LogP contribution in [-0.4, -0.2) is 58.6 Å². The summed E-state index contributed by atoms with van der Waals surface area (Å²) in [6.45, 7) is 1.65. The van der Waals surface area contributed by atoms with Crippen LogP contribution in [0.4, 0.5) is 26.3 Å². The van der Waals surface area contributed by atoms with Crippen molar-refractivity contribution in [1.82, 2.24) is 14.9 Å². The van der Waals surface area contributed by atoms with Crippen molar-refractivity contribution >= 4 is 5.91 Å². The van der Waals surface area contributed by atoms with Gasteiger partial charge in [-0.25, -0.2) is 4.98 Å². The highest BCUT2D eigenvalue weighted by Gasteiger charge is 2.70. The van der Waals surface area contributed by atoms with Crippen LogP contribution in [0.1, 0.15) is 62.4 Å². The van der Waals surface area contributed by atoms with E-state index in [9.17, 15) is 31.1 Å². The van der Waals surface area contributed by atoms with Crippen molar-refractivity contribution in [2.75, 3.05) is 6.61 Å². The minimum Gasteiger partial charge on any atom is -0.368 e. The second kappa shape index (κ2) is 7.82. The van der Waals surface area contributed by atoms with Crippen LogP contribution in [0.3, 0.4) is 0 Å². The first-order chi connectivity index (χ1) is 15.7. The maximum atomic E-state index is 12.3. The fraction of sp³-hybridized carbons (Fsp3) is 0.810. The average Bonchev–Trinajstić information content (AvgIpc) is 2.93. The Bertz CT molecular complexity index is 930. The van der Waals surface area contributed by atoms with E-state index in [2.05, 4.69) is 24.3 Å². The Hall–Kier alpha value is -1.86. The maximum Gasteiger partial charge on any atom is 0.522 e. The highest BCUT2D eigenvalue weighted by atomic mass is 19.4. The topological polar surface area (TPSA) is 74.6 Å². The van der Waals surface area contributed by atoms with Crippen LogP contribution in [0.2, 0.25) is 0 Å². The number of rotatable bonds is 8. The minimum absolute atomic E-state index is 0.0573. The van der Waals surface area contributed by atoms with Gasteiger partial charge in [-0.15, -0.1) is 26.3 Å². The number of amides is 1. The molecule has 7 nitrogen and oxygen atoms in total. The molecule has 0 saturated heterocycles. The normalized spacial score (nSPS) is 36.7. The number of carbonyl (C=O) groups is 1. The summed E-state index contributed by atoms with van der Waals surface area (Å²) < 4.78 is 88.8. The summed E-state index contributed by atoms with van der Waals surface area (Å²) >= 11 is 0. The molecule has 0 aliphatic heterocycles. The first kappa shape index (κ1) is 23.9. The number of imidazole rings is 1. The Morgan fingerprint density at radius 3 is 2.15 bits per heavy atom. The molecular weight excluding hydrogens is 472 g/mol. The van der Waals surface area contributed by atoms with E-state index in [4.69, 9.17) is 4.74 Å². The third-order valence-electron chi connectivity index (χ3n) is 7.43. The van der Waals surface area contributed by atoms with Crippen molar-refractivity contribution in [3.63, 3.8) is 0 Å². The van der Waals surface area contributed by atoms with Crippen LogP contribution >= 0.6 is 0 Å². The largest absolute Gasteiger partial charge is 0.522 e. The van der Waals surface area contributed by atoms with E-state index in [1.54, 1.807) is 0 Å². The third kappa shape index (κ3) is 4.66. The Kier molecular flexibility index (Phi) is 5.49. The molecule has 5 aliphatic rings. The fourth-order valence-electron chi connectivity index (χ4n) is 5.85. The zero-order chi connectivity index (χ0) is 24.5. The van der Waals surface area contributed by atoms with Crippen molar-refractivity contribution in [2.24, 2.45) is 0 Å². The molecule has 5 saturated carbocycles. The van der Waals surface area contributed by atoms with E-state index < -0.39 is 31.0 Å². The van der Waals surface area contributed by atoms with Crippen LogP contribution in [0.25, 0.3) is 0 Å². The van der Waals surface area contributed by atoms with Crippen molar-refractivity contribution < 1.29 is 45.3 Å². The molecule has 5 aliphatic carbocycles. The van der Waals surface area contributed by atoms with Crippen molar-refractivity contribution in [2.45, 2.75) is 99.9 Å². The molecule has 1 aromatic heterocycles. The fourth-order valence-corrected chi connectivity index (χ4v) is 5.85. The number of hydrogen-bond acceptors (Lipinski definition) is 5. The van der Waals surface area contributed by atoms with Gasteiger partial charge in [0.2, 0.25) is 5.91 Å². The van der Waals surface area contributed by atoms with Crippen LogP contribution in [0.5, 0.6) is 0 Å². The molecule has 0 spiro atoms. The molecule has 1 aromatic rings. The summed E-state index contributed by atoms with van der Waals surface area (Å²) in [6, 6.07) is 0. The highest BCUT2D eigenvalue weighted by Crippen LogP contribution is 2.65. The Balaban J connectivity index is 1.04. The third-order valence-corrected chi connectivity index (χ3v) is 7.43. The van der Waals surface area contributed by atoms with Gasteiger partial charge in [0.05, 0.1) is 29.5 Å². The average molecular weight is 497 g/mol. The molecule has 0 aromatic carbocycles. The van der Waals surface area contributed by atoms with E-state index in [0.717, 1.165) is 30.8 Å². The molecule has 13 heteroatoms. The summed E-state index contributed by atoms with van der Waals surface area (Å²) in [4.78, 5) is 16.8. The van der Waals surface area contributed by atoms with Gasteiger partial charge in [-0.1, -0.05) is 0 Å². The number of hydrogen-bond donors (Lipinski definition) is 1. The maximum absolute atomic E-state index is 12.3. The predicted molar refractivity (Wildman–Crippen MR) is 102 cm³/mol. The van der Waals surface area contributed by atoms with Gasteiger partial charge >= 0.3 is 12.7 Å². The molecular formula is C21H25F6N3O4. The van der Waals surface area contributed by atoms with Gasteiger partial charge in [0.25, 0.3) is 0 Å². The van der Waals surface area contributed by atoms with E-state index >= 15 is 0 Å². The molecule has 1 amide bonds. The first-order valence-corrected chi connectivity index (χ1v) is 11.2. The zero-order valence-corrected chi connectivity index (χ0v) is 18.3. The van der Waals surface area contributed by atoms with E-state index in [1.807, 2.05) is 13.1 Å². The van der Waals surface area contributed by atoms with Crippen LogP contribution in [-0.2, 0) is 24.5 Å².